The van der Waals surface area contributed by atoms with E-state index in [0.29, 0.717) is 5.69 Å². The molecule has 2 aromatic rings. The summed E-state index contributed by atoms with van der Waals surface area (Å²) in [6, 6.07) is 15.0. The van der Waals surface area contributed by atoms with E-state index < -0.39 is 17.8 Å². The number of carbonyl (C=O) groups excluding carboxylic acids is 3. The Morgan fingerprint density at radius 1 is 1.03 bits per heavy atom. The molecule has 0 radical (unpaired) electrons. The summed E-state index contributed by atoms with van der Waals surface area (Å²) in [4.78, 5) is 38.8. The molecule has 0 aromatic heterocycles. The van der Waals surface area contributed by atoms with Gasteiger partial charge in [0.2, 0.25) is 5.91 Å². The first-order chi connectivity index (χ1) is 14.0. The molecule has 3 rings (SSSR count). The minimum atomic E-state index is -0.568. The molecule has 0 aliphatic carbocycles. The van der Waals surface area contributed by atoms with Gasteiger partial charge in [-0.05, 0) is 36.1 Å². The fourth-order valence-corrected chi connectivity index (χ4v) is 3.62. The number of amides is 2. The van der Waals surface area contributed by atoms with Crippen molar-refractivity contribution in [2.45, 2.75) is 33.1 Å². The van der Waals surface area contributed by atoms with Gasteiger partial charge in [-0.3, -0.25) is 14.4 Å². The van der Waals surface area contributed by atoms with E-state index in [9.17, 15) is 14.4 Å². The van der Waals surface area contributed by atoms with Crippen molar-refractivity contribution in [3.8, 4) is 0 Å². The zero-order valence-electron chi connectivity index (χ0n) is 16.8. The lowest BCUT2D eigenvalue weighted by molar-refractivity contribution is -0.151. The maximum Gasteiger partial charge on any atom is 0.311 e. The van der Waals surface area contributed by atoms with Gasteiger partial charge in [0.05, 0.1) is 5.92 Å². The van der Waals surface area contributed by atoms with E-state index in [4.69, 9.17) is 4.74 Å². The largest absolute Gasteiger partial charge is 0.455 e. The van der Waals surface area contributed by atoms with Gasteiger partial charge in [-0.2, -0.15) is 0 Å². The average molecular weight is 394 g/mol. The van der Waals surface area contributed by atoms with Crippen LogP contribution in [0.15, 0.2) is 48.5 Å². The van der Waals surface area contributed by atoms with Crippen LogP contribution in [-0.4, -0.2) is 30.9 Å². The van der Waals surface area contributed by atoms with Gasteiger partial charge in [-0.1, -0.05) is 50.2 Å². The Balaban J connectivity index is 1.62. The monoisotopic (exact) mass is 394 g/mol. The van der Waals surface area contributed by atoms with Crippen LogP contribution in [0.3, 0.4) is 0 Å². The number of benzene rings is 2. The van der Waals surface area contributed by atoms with E-state index in [2.05, 4.69) is 19.2 Å². The zero-order chi connectivity index (χ0) is 20.8. The molecule has 1 aliphatic rings. The number of aryl methyl sites for hydroxylation is 2. The van der Waals surface area contributed by atoms with E-state index in [0.717, 1.165) is 29.7 Å². The van der Waals surface area contributed by atoms with Crippen molar-refractivity contribution in [2.24, 2.45) is 5.92 Å². The summed E-state index contributed by atoms with van der Waals surface area (Å²) in [5, 5.41) is 2.67. The minimum absolute atomic E-state index is 0.0868. The Kier molecular flexibility index (Phi) is 6.65. The first kappa shape index (κ1) is 20.6. The summed E-state index contributed by atoms with van der Waals surface area (Å²) in [5.74, 6) is -1.58. The van der Waals surface area contributed by atoms with Gasteiger partial charge in [-0.15, -0.1) is 0 Å². The molecule has 1 atom stereocenters. The van der Waals surface area contributed by atoms with Gasteiger partial charge < -0.3 is 15.0 Å². The Hall–Kier alpha value is -3.15. The van der Waals surface area contributed by atoms with Gasteiger partial charge in [0.1, 0.15) is 0 Å². The van der Waals surface area contributed by atoms with Gasteiger partial charge in [-0.25, -0.2) is 0 Å². The molecule has 0 saturated carbocycles. The lowest BCUT2D eigenvalue weighted by Crippen LogP contribution is -2.29. The molecule has 1 aliphatic heterocycles. The number of nitrogens with zero attached hydrogens (tertiary/aromatic N) is 1. The molecule has 29 heavy (non-hydrogen) atoms. The van der Waals surface area contributed by atoms with E-state index in [1.165, 1.54) is 0 Å². The smallest absolute Gasteiger partial charge is 0.311 e. The summed E-state index contributed by atoms with van der Waals surface area (Å²) in [6.07, 6.45) is 1.71. The van der Waals surface area contributed by atoms with Crippen molar-refractivity contribution in [1.29, 1.82) is 0 Å². The summed E-state index contributed by atoms with van der Waals surface area (Å²) in [6.45, 7) is 4.01. The van der Waals surface area contributed by atoms with E-state index in [1.54, 1.807) is 29.2 Å². The molecular weight excluding hydrogens is 368 g/mol. The predicted octanol–water partition coefficient (Wildman–Crippen LogP) is 3.35. The topological polar surface area (TPSA) is 75.7 Å². The van der Waals surface area contributed by atoms with Crippen molar-refractivity contribution in [3.05, 3.63) is 59.7 Å². The van der Waals surface area contributed by atoms with E-state index in [1.807, 2.05) is 24.3 Å². The second-order valence-corrected chi connectivity index (χ2v) is 7.06. The lowest BCUT2D eigenvalue weighted by Gasteiger charge is -2.23. The highest BCUT2D eigenvalue weighted by Crippen LogP contribution is 2.32. The molecule has 6 heteroatoms. The number of rotatable bonds is 7. The lowest BCUT2D eigenvalue weighted by atomic mass is 10.0. The van der Waals surface area contributed by atoms with Crippen molar-refractivity contribution < 1.29 is 19.1 Å². The number of hydrogen-bond donors (Lipinski definition) is 1. The van der Waals surface area contributed by atoms with Crippen LogP contribution in [0.5, 0.6) is 0 Å². The zero-order valence-corrected chi connectivity index (χ0v) is 16.8. The third-order valence-corrected chi connectivity index (χ3v) is 5.10. The number of carbonyl (C=O) groups is 3. The van der Waals surface area contributed by atoms with Crippen LogP contribution in [0.4, 0.5) is 11.4 Å². The average Bonchev–Trinajstić information content (AvgIpc) is 3.13. The quantitative estimate of drug-likeness (QED) is 0.731. The molecule has 1 saturated heterocycles. The fraction of sp³-hybridized carbons (Fsp3) is 0.348. The number of para-hydroxylation sites is 2. The highest BCUT2D eigenvalue weighted by molar-refractivity contribution is 6.01. The Morgan fingerprint density at radius 3 is 2.31 bits per heavy atom. The Labute approximate surface area is 170 Å². The van der Waals surface area contributed by atoms with Gasteiger partial charge in [0.25, 0.3) is 5.91 Å². The Morgan fingerprint density at radius 2 is 1.69 bits per heavy atom. The standard InChI is InChI=1S/C23H26N2O4/c1-3-16-9-8-10-17(4-2)22(16)25-14-18(13-21(25)27)23(28)29-15-20(26)24-19-11-6-5-7-12-19/h5-12,18H,3-4,13-15H2,1-2H3,(H,24,26)/t18-/m0/s1. The van der Waals surface area contributed by atoms with Crippen LogP contribution in [0.2, 0.25) is 0 Å². The van der Waals surface area contributed by atoms with Crippen LogP contribution in [0.1, 0.15) is 31.4 Å². The summed E-state index contributed by atoms with van der Waals surface area (Å²) >= 11 is 0. The first-order valence-electron chi connectivity index (χ1n) is 9.96. The molecule has 1 heterocycles. The molecule has 6 nitrogen and oxygen atoms in total. The van der Waals surface area contributed by atoms with E-state index >= 15 is 0 Å². The molecule has 152 valence electrons. The summed E-state index contributed by atoms with van der Waals surface area (Å²) in [5.41, 5.74) is 3.74. The molecule has 2 aromatic carbocycles. The van der Waals surface area contributed by atoms with Crippen LogP contribution in [0.25, 0.3) is 0 Å². The predicted molar refractivity (Wildman–Crippen MR) is 112 cm³/mol. The van der Waals surface area contributed by atoms with Crippen LogP contribution >= 0.6 is 0 Å². The van der Waals surface area contributed by atoms with Crippen LogP contribution in [0, 0.1) is 5.92 Å². The van der Waals surface area contributed by atoms with Crippen LogP contribution in [-0.2, 0) is 32.0 Å². The normalized spacial score (nSPS) is 16.0. The third-order valence-electron chi connectivity index (χ3n) is 5.10. The highest BCUT2D eigenvalue weighted by atomic mass is 16.5. The van der Waals surface area contributed by atoms with Crippen molar-refractivity contribution in [3.63, 3.8) is 0 Å². The molecule has 1 fully saturated rings. The Bertz CT molecular complexity index is 873. The second kappa shape index (κ2) is 9.37. The number of nitrogens with one attached hydrogen (secondary N) is 1. The number of esters is 1. The molecule has 0 unspecified atom stereocenters. The molecule has 2 amide bonds. The van der Waals surface area contributed by atoms with Crippen molar-refractivity contribution in [1.82, 2.24) is 0 Å². The second-order valence-electron chi connectivity index (χ2n) is 7.06. The summed E-state index contributed by atoms with van der Waals surface area (Å²) < 4.78 is 5.18. The molecular formula is C23H26N2O4. The molecule has 1 N–H and O–H groups in total. The van der Waals surface area contributed by atoms with Gasteiger partial charge >= 0.3 is 5.97 Å². The SMILES string of the molecule is CCc1cccc(CC)c1N1C[C@@H](C(=O)OCC(=O)Nc2ccccc2)CC1=O. The first-order valence-corrected chi connectivity index (χ1v) is 9.96. The van der Waals surface area contributed by atoms with E-state index in [-0.39, 0.29) is 25.5 Å². The van der Waals surface area contributed by atoms with Gasteiger partial charge in [0.15, 0.2) is 6.61 Å². The van der Waals surface area contributed by atoms with Gasteiger partial charge in [0, 0.05) is 24.3 Å². The van der Waals surface area contributed by atoms with Crippen molar-refractivity contribution >= 4 is 29.2 Å². The highest BCUT2D eigenvalue weighted by Gasteiger charge is 2.37. The minimum Gasteiger partial charge on any atom is -0.455 e. The third kappa shape index (κ3) is 4.83. The van der Waals surface area contributed by atoms with Crippen LogP contribution < -0.4 is 10.2 Å². The number of anilines is 2. The fourth-order valence-electron chi connectivity index (χ4n) is 3.62. The molecule has 0 spiro atoms. The maximum atomic E-state index is 12.6. The van der Waals surface area contributed by atoms with Crippen molar-refractivity contribution in [2.75, 3.05) is 23.4 Å². The summed E-state index contributed by atoms with van der Waals surface area (Å²) in [7, 11) is 0. The maximum absolute atomic E-state index is 12.6. The number of hydrogen-bond acceptors (Lipinski definition) is 4. The number of ether oxygens (including phenoxy) is 1. The molecule has 0 bridgehead atoms.